The summed E-state index contributed by atoms with van der Waals surface area (Å²) in [4.78, 5) is 21.1. The Morgan fingerprint density at radius 2 is 1.81 bits per heavy atom. The van der Waals surface area contributed by atoms with Crippen LogP contribution in [-0.4, -0.2) is 24.5 Å². The number of nitrogens with zero attached hydrogens (tertiary/aromatic N) is 3. The molecule has 0 saturated carbocycles. The van der Waals surface area contributed by atoms with Crippen molar-refractivity contribution >= 4 is 23.0 Å². The van der Waals surface area contributed by atoms with Crippen LogP contribution in [0.15, 0.2) is 73.1 Å². The molecule has 1 amide bonds. The first kappa shape index (κ1) is 16.3. The average Bonchev–Trinajstić information content (AvgIpc) is 2.73. The standard InChI is InChI=1S/C22H21N3O/c1-24(19-10-3-2-4-11-19)22(26)18-14-20(16-23-15-18)25-13-7-9-17-8-5-6-12-21(17)25/h2-6,8,10-12,14-16H,7,9,13H2,1H3. The number of hydrogen-bond donors (Lipinski definition) is 0. The molecule has 0 unspecified atom stereocenters. The first-order chi connectivity index (χ1) is 12.7. The number of fused-ring (bicyclic) bond motifs is 1. The molecule has 3 aromatic rings. The van der Waals surface area contributed by atoms with E-state index in [1.165, 1.54) is 11.3 Å². The van der Waals surface area contributed by atoms with E-state index in [1.807, 2.05) is 42.6 Å². The second-order valence-electron chi connectivity index (χ2n) is 6.52. The molecule has 26 heavy (non-hydrogen) atoms. The third-order valence-electron chi connectivity index (χ3n) is 4.84. The summed E-state index contributed by atoms with van der Waals surface area (Å²) < 4.78 is 0. The molecule has 0 fully saturated rings. The Kier molecular flexibility index (Phi) is 4.40. The highest BCUT2D eigenvalue weighted by Gasteiger charge is 2.20. The molecule has 4 rings (SSSR count). The second kappa shape index (κ2) is 7.00. The van der Waals surface area contributed by atoms with Gasteiger partial charge in [-0.05, 0) is 42.7 Å². The molecule has 0 N–H and O–H groups in total. The molecule has 0 spiro atoms. The molecule has 0 radical (unpaired) electrons. The number of carbonyl (C=O) groups is 1. The number of rotatable bonds is 3. The Labute approximate surface area is 153 Å². The fourth-order valence-corrected chi connectivity index (χ4v) is 3.46. The van der Waals surface area contributed by atoms with Crippen molar-refractivity contribution < 1.29 is 4.79 Å². The molecular formula is C22H21N3O. The summed E-state index contributed by atoms with van der Waals surface area (Å²) in [5, 5.41) is 0. The lowest BCUT2D eigenvalue weighted by Crippen LogP contribution is -2.28. The van der Waals surface area contributed by atoms with E-state index in [-0.39, 0.29) is 5.91 Å². The topological polar surface area (TPSA) is 36.4 Å². The van der Waals surface area contributed by atoms with Gasteiger partial charge in [-0.25, -0.2) is 0 Å². The average molecular weight is 343 g/mol. The Morgan fingerprint density at radius 3 is 2.65 bits per heavy atom. The van der Waals surface area contributed by atoms with Gasteiger partial charge in [-0.3, -0.25) is 9.78 Å². The van der Waals surface area contributed by atoms with E-state index in [4.69, 9.17) is 0 Å². The third kappa shape index (κ3) is 3.06. The molecule has 0 aliphatic carbocycles. The fourth-order valence-electron chi connectivity index (χ4n) is 3.46. The molecule has 0 atom stereocenters. The van der Waals surface area contributed by atoms with Crippen molar-refractivity contribution in [1.29, 1.82) is 0 Å². The van der Waals surface area contributed by atoms with Gasteiger partial charge in [0.2, 0.25) is 0 Å². The van der Waals surface area contributed by atoms with Crippen LogP contribution in [0.25, 0.3) is 0 Å². The summed E-state index contributed by atoms with van der Waals surface area (Å²) in [5.41, 5.74) is 4.98. The highest BCUT2D eigenvalue weighted by Crippen LogP contribution is 2.33. The number of aryl methyl sites for hydroxylation is 1. The normalized spacial score (nSPS) is 13.2. The number of para-hydroxylation sites is 2. The Bertz CT molecular complexity index is 923. The minimum atomic E-state index is -0.0594. The predicted octanol–water partition coefficient (Wildman–Crippen LogP) is 4.44. The van der Waals surface area contributed by atoms with Gasteiger partial charge in [-0.1, -0.05) is 36.4 Å². The maximum absolute atomic E-state index is 12.9. The minimum Gasteiger partial charge on any atom is -0.340 e. The largest absolute Gasteiger partial charge is 0.340 e. The van der Waals surface area contributed by atoms with Crippen LogP contribution in [0.2, 0.25) is 0 Å². The molecule has 1 aliphatic rings. The van der Waals surface area contributed by atoms with Crippen LogP contribution in [0.3, 0.4) is 0 Å². The Balaban J connectivity index is 1.65. The van der Waals surface area contributed by atoms with E-state index < -0.39 is 0 Å². The van der Waals surface area contributed by atoms with Gasteiger partial charge in [0.05, 0.1) is 17.4 Å². The Hall–Kier alpha value is -3.14. The Morgan fingerprint density at radius 1 is 1.04 bits per heavy atom. The zero-order chi connectivity index (χ0) is 17.9. The smallest absolute Gasteiger partial charge is 0.259 e. The number of carbonyl (C=O) groups excluding carboxylic acids is 1. The molecular weight excluding hydrogens is 322 g/mol. The van der Waals surface area contributed by atoms with E-state index in [0.717, 1.165) is 30.8 Å². The van der Waals surface area contributed by atoms with Crippen molar-refractivity contribution in [3.8, 4) is 0 Å². The molecule has 0 saturated heterocycles. The van der Waals surface area contributed by atoms with Crippen LogP contribution in [0.1, 0.15) is 22.3 Å². The van der Waals surface area contributed by atoms with Crippen LogP contribution < -0.4 is 9.80 Å². The van der Waals surface area contributed by atoms with Gasteiger partial charge in [0.1, 0.15) is 0 Å². The van der Waals surface area contributed by atoms with E-state index in [2.05, 4.69) is 34.1 Å². The zero-order valence-corrected chi connectivity index (χ0v) is 14.8. The van der Waals surface area contributed by atoms with Crippen LogP contribution in [0, 0.1) is 0 Å². The molecule has 130 valence electrons. The van der Waals surface area contributed by atoms with Crippen molar-refractivity contribution in [2.45, 2.75) is 12.8 Å². The number of benzene rings is 2. The van der Waals surface area contributed by atoms with Gasteiger partial charge in [0.25, 0.3) is 5.91 Å². The van der Waals surface area contributed by atoms with Gasteiger partial charge in [-0.2, -0.15) is 0 Å². The van der Waals surface area contributed by atoms with Crippen LogP contribution in [0.4, 0.5) is 17.1 Å². The zero-order valence-electron chi connectivity index (χ0n) is 14.8. The number of aromatic nitrogens is 1. The lowest BCUT2D eigenvalue weighted by molar-refractivity contribution is 0.0992. The van der Waals surface area contributed by atoms with Crippen molar-refractivity contribution in [1.82, 2.24) is 4.98 Å². The van der Waals surface area contributed by atoms with Gasteiger partial charge < -0.3 is 9.80 Å². The van der Waals surface area contributed by atoms with Crippen molar-refractivity contribution in [2.24, 2.45) is 0 Å². The summed E-state index contributed by atoms with van der Waals surface area (Å²) in [6.07, 6.45) is 5.66. The SMILES string of the molecule is CN(C(=O)c1cncc(N2CCCc3ccccc32)c1)c1ccccc1. The number of pyridine rings is 1. The molecule has 1 aliphatic heterocycles. The highest BCUT2D eigenvalue weighted by atomic mass is 16.2. The first-order valence-corrected chi connectivity index (χ1v) is 8.87. The third-order valence-corrected chi connectivity index (χ3v) is 4.84. The number of anilines is 3. The van der Waals surface area contributed by atoms with Gasteiger partial charge in [0.15, 0.2) is 0 Å². The van der Waals surface area contributed by atoms with Gasteiger partial charge >= 0.3 is 0 Å². The number of hydrogen-bond acceptors (Lipinski definition) is 3. The molecule has 2 aromatic carbocycles. The van der Waals surface area contributed by atoms with E-state index in [1.54, 1.807) is 18.1 Å². The van der Waals surface area contributed by atoms with Gasteiger partial charge in [0, 0.05) is 31.2 Å². The second-order valence-corrected chi connectivity index (χ2v) is 6.52. The first-order valence-electron chi connectivity index (χ1n) is 8.87. The van der Waals surface area contributed by atoms with E-state index >= 15 is 0 Å². The van der Waals surface area contributed by atoms with Crippen molar-refractivity contribution in [2.75, 3.05) is 23.4 Å². The molecule has 0 bridgehead atoms. The minimum absolute atomic E-state index is 0.0594. The lowest BCUT2D eigenvalue weighted by Gasteiger charge is -2.31. The molecule has 4 nitrogen and oxygen atoms in total. The summed E-state index contributed by atoms with van der Waals surface area (Å²) in [7, 11) is 1.79. The van der Waals surface area contributed by atoms with Crippen LogP contribution >= 0.6 is 0 Å². The monoisotopic (exact) mass is 343 g/mol. The molecule has 1 aromatic heterocycles. The van der Waals surface area contributed by atoms with Crippen LogP contribution in [-0.2, 0) is 6.42 Å². The van der Waals surface area contributed by atoms with E-state index in [0.29, 0.717) is 5.56 Å². The lowest BCUT2D eigenvalue weighted by atomic mass is 10.0. The van der Waals surface area contributed by atoms with Gasteiger partial charge in [-0.15, -0.1) is 0 Å². The predicted molar refractivity (Wildman–Crippen MR) is 105 cm³/mol. The summed E-state index contributed by atoms with van der Waals surface area (Å²) >= 11 is 0. The van der Waals surface area contributed by atoms with E-state index in [9.17, 15) is 4.79 Å². The maximum atomic E-state index is 12.9. The number of amides is 1. The highest BCUT2D eigenvalue weighted by molar-refractivity contribution is 6.06. The van der Waals surface area contributed by atoms with Crippen molar-refractivity contribution in [3.63, 3.8) is 0 Å². The quantitative estimate of drug-likeness (QED) is 0.705. The maximum Gasteiger partial charge on any atom is 0.259 e. The molecule has 4 heteroatoms. The molecule has 2 heterocycles. The summed E-state index contributed by atoms with van der Waals surface area (Å²) in [5.74, 6) is -0.0594. The fraction of sp³-hybridized carbons (Fsp3) is 0.182. The summed E-state index contributed by atoms with van der Waals surface area (Å²) in [6.45, 7) is 0.935. The van der Waals surface area contributed by atoms with Crippen LogP contribution in [0.5, 0.6) is 0 Å². The van der Waals surface area contributed by atoms with Crippen molar-refractivity contribution in [3.05, 3.63) is 84.2 Å². The summed E-state index contributed by atoms with van der Waals surface area (Å²) in [6, 6.07) is 20.0.